The third kappa shape index (κ3) is 3.89. The van der Waals surface area contributed by atoms with E-state index in [2.05, 4.69) is 12.2 Å². The minimum Gasteiger partial charge on any atom is -0.395 e. The maximum atomic E-state index is 11.5. The zero-order valence-electron chi connectivity index (χ0n) is 11.7. The molecule has 6 heteroatoms. The average molecular weight is 274 g/mol. The van der Waals surface area contributed by atoms with Crippen molar-refractivity contribution in [1.29, 1.82) is 0 Å². The van der Waals surface area contributed by atoms with E-state index in [1.165, 1.54) is 0 Å². The molecule has 1 heterocycles. The third-order valence-corrected chi connectivity index (χ3v) is 3.87. The number of hydrogen-bond donors (Lipinski definition) is 4. The van der Waals surface area contributed by atoms with Gasteiger partial charge < -0.3 is 20.6 Å². The number of carbonyl (C=O) groups excluding carboxylic acids is 1. The minimum atomic E-state index is -0.999. The van der Waals surface area contributed by atoms with E-state index < -0.39 is 24.3 Å². The molecule has 1 saturated heterocycles. The van der Waals surface area contributed by atoms with Crippen molar-refractivity contribution >= 4 is 5.91 Å². The summed E-state index contributed by atoms with van der Waals surface area (Å²) in [4.78, 5) is 13.4. The Labute approximate surface area is 114 Å². The van der Waals surface area contributed by atoms with E-state index in [-0.39, 0.29) is 18.9 Å². The number of likely N-dealkylation sites (tertiary alicyclic amines) is 1. The Hall–Kier alpha value is -0.690. The van der Waals surface area contributed by atoms with Crippen LogP contribution in [0.2, 0.25) is 0 Å². The Morgan fingerprint density at radius 2 is 1.84 bits per heavy atom. The van der Waals surface area contributed by atoms with E-state index >= 15 is 0 Å². The van der Waals surface area contributed by atoms with E-state index in [1.54, 1.807) is 7.05 Å². The summed E-state index contributed by atoms with van der Waals surface area (Å²) in [6.45, 7) is 2.56. The van der Waals surface area contributed by atoms with Crippen molar-refractivity contribution in [2.45, 2.75) is 56.9 Å². The molecule has 0 radical (unpaired) electrons. The van der Waals surface area contributed by atoms with Crippen LogP contribution in [0.3, 0.4) is 0 Å². The predicted octanol–water partition coefficient (Wildman–Crippen LogP) is -0.920. The van der Waals surface area contributed by atoms with Crippen LogP contribution in [0, 0.1) is 0 Å². The largest absolute Gasteiger partial charge is 0.395 e. The number of rotatable bonds is 7. The highest BCUT2D eigenvalue weighted by atomic mass is 16.3. The summed E-state index contributed by atoms with van der Waals surface area (Å²) in [5.41, 5.74) is 0. The molecule has 1 fully saturated rings. The lowest BCUT2D eigenvalue weighted by Crippen LogP contribution is -2.43. The Morgan fingerprint density at radius 3 is 2.37 bits per heavy atom. The van der Waals surface area contributed by atoms with Crippen molar-refractivity contribution in [2.75, 3.05) is 20.2 Å². The molecule has 6 nitrogen and oxygen atoms in total. The van der Waals surface area contributed by atoms with Crippen molar-refractivity contribution in [3.8, 4) is 0 Å². The van der Waals surface area contributed by atoms with Gasteiger partial charge in [0.25, 0.3) is 0 Å². The van der Waals surface area contributed by atoms with Crippen molar-refractivity contribution < 1.29 is 20.1 Å². The maximum absolute atomic E-state index is 11.5. The second-order valence-corrected chi connectivity index (χ2v) is 5.12. The molecule has 0 aliphatic carbocycles. The molecule has 0 aromatic rings. The van der Waals surface area contributed by atoms with Gasteiger partial charge in [-0.25, -0.2) is 0 Å². The summed E-state index contributed by atoms with van der Waals surface area (Å²) in [7, 11) is 1.55. The number of nitrogens with zero attached hydrogens (tertiary/aromatic N) is 1. The van der Waals surface area contributed by atoms with Crippen LogP contribution in [0.5, 0.6) is 0 Å². The summed E-state index contributed by atoms with van der Waals surface area (Å²) in [6, 6.07) is -0.912. The number of aliphatic hydroxyl groups excluding tert-OH is 3. The molecule has 112 valence electrons. The summed E-state index contributed by atoms with van der Waals surface area (Å²) in [5.74, 6) is -0.171. The van der Waals surface area contributed by atoms with E-state index in [1.807, 2.05) is 4.90 Å². The molecule has 1 aliphatic heterocycles. The van der Waals surface area contributed by atoms with Crippen molar-refractivity contribution in [2.24, 2.45) is 0 Å². The first kappa shape index (κ1) is 16.4. The highest BCUT2D eigenvalue weighted by Gasteiger charge is 2.47. The summed E-state index contributed by atoms with van der Waals surface area (Å²) in [5, 5.41) is 31.9. The lowest BCUT2D eigenvalue weighted by Gasteiger charge is -2.29. The maximum Gasteiger partial charge on any atom is 0.221 e. The van der Waals surface area contributed by atoms with Crippen LogP contribution in [0.1, 0.15) is 32.6 Å². The Bertz CT molecular complexity index is 288. The highest BCUT2D eigenvalue weighted by molar-refractivity contribution is 5.76. The SMILES string of the molecule is CCCCCN1[C@H](CO)[C@@H](O)[C@@H](O)[C@@H]1CC(=O)NC. The van der Waals surface area contributed by atoms with Crippen LogP contribution in [0.4, 0.5) is 0 Å². The fourth-order valence-corrected chi connectivity index (χ4v) is 2.71. The standard InChI is InChI=1S/C13H26N2O4/c1-3-4-5-6-15-9(7-11(17)14-2)12(18)13(19)10(15)8-16/h9-10,12-13,16,18-19H,3-8H2,1-2H3,(H,14,17)/t9-,10+,12-,13+/m0/s1. The van der Waals surface area contributed by atoms with E-state index in [0.717, 1.165) is 19.3 Å². The Kier molecular flexibility index (Phi) is 6.71. The Balaban J connectivity index is 2.73. The summed E-state index contributed by atoms with van der Waals surface area (Å²) < 4.78 is 0. The molecule has 19 heavy (non-hydrogen) atoms. The molecule has 0 saturated carbocycles. The van der Waals surface area contributed by atoms with Gasteiger partial charge in [0.15, 0.2) is 0 Å². The van der Waals surface area contributed by atoms with Gasteiger partial charge in [-0.05, 0) is 13.0 Å². The average Bonchev–Trinajstić information content (AvgIpc) is 2.63. The zero-order chi connectivity index (χ0) is 14.4. The van der Waals surface area contributed by atoms with Gasteiger partial charge in [-0.1, -0.05) is 19.8 Å². The van der Waals surface area contributed by atoms with Crippen LogP contribution < -0.4 is 5.32 Å². The van der Waals surface area contributed by atoms with Gasteiger partial charge in [-0.2, -0.15) is 0 Å². The first-order chi connectivity index (χ1) is 9.06. The smallest absolute Gasteiger partial charge is 0.221 e. The van der Waals surface area contributed by atoms with Gasteiger partial charge in [-0.15, -0.1) is 0 Å². The molecular weight excluding hydrogens is 248 g/mol. The first-order valence-electron chi connectivity index (χ1n) is 7.00. The number of hydrogen-bond acceptors (Lipinski definition) is 5. The molecule has 1 aliphatic rings. The van der Waals surface area contributed by atoms with Crippen molar-refractivity contribution in [3.05, 3.63) is 0 Å². The Morgan fingerprint density at radius 1 is 1.21 bits per heavy atom. The highest BCUT2D eigenvalue weighted by Crippen LogP contribution is 2.27. The molecule has 1 rings (SSSR count). The monoisotopic (exact) mass is 274 g/mol. The second kappa shape index (κ2) is 7.79. The first-order valence-corrected chi connectivity index (χ1v) is 7.00. The fourth-order valence-electron chi connectivity index (χ4n) is 2.71. The molecule has 4 atom stereocenters. The van der Waals surface area contributed by atoms with Gasteiger partial charge in [-0.3, -0.25) is 9.69 Å². The molecule has 1 amide bonds. The van der Waals surface area contributed by atoms with Gasteiger partial charge in [0.05, 0.1) is 24.9 Å². The lowest BCUT2D eigenvalue weighted by atomic mass is 10.1. The van der Waals surface area contributed by atoms with Gasteiger partial charge >= 0.3 is 0 Å². The van der Waals surface area contributed by atoms with Crippen LogP contribution in [0.15, 0.2) is 0 Å². The van der Waals surface area contributed by atoms with Gasteiger partial charge in [0, 0.05) is 19.5 Å². The third-order valence-electron chi connectivity index (χ3n) is 3.87. The normalized spacial score (nSPS) is 31.6. The number of carbonyl (C=O) groups is 1. The topological polar surface area (TPSA) is 93.0 Å². The van der Waals surface area contributed by atoms with Crippen LogP contribution in [-0.4, -0.2) is 70.6 Å². The summed E-state index contributed by atoms with van der Waals surface area (Å²) in [6.07, 6.45) is 1.20. The van der Waals surface area contributed by atoms with E-state index in [9.17, 15) is 20.1 Å². The molecule has 0 aromatic heterocycles. The number of amides is 1. The van der Waals surface area contributed by atoms with E-state index in [4.69, 9.17) is 0 Å². The summed E-state index contributed by atoms with van der Waals surface area (Å²) >= 11 is 0. The fraction of sp³-hybridized carbons (Fsp3) is 0.923. The van der Waals surface area contributed by atoms with E-state index in [0.29, 0.717) is 6.54 Å². The number of unbranched alkanes of at least 4 members (excludes halogenated alkanes) is 2. The van der Waals surface area contributed by atoms with Crippen LogP contribution >= 0.6 is 0 Å². The van der Waals surface area contributed by atoms with Gasteiger partial charge in [0.1, 0.15) is 0 Å². The number of aliphatic hydroxyl groups is 3. The van der Waals surface area contributed by atoms with Gasteiger partial charge in [0.2, 0.25) is 5.91 Å². The second-order valence-electron chi connectivity index (χ2n) is 5.12. The molecular formula is C13H26N2O4. The molecule has 0 bridgehead atoms. The zero-order valence-corrected chi connectivity index (χ0v) is 11.7. The molecule has 0 aromatic carbocycles. The number of nitrogens with one attached hydrogen (secondary N) is 1. The van der Waals surface area contributed by atoms with Crippen molar-refractivity contribution in [1.82, 2.24) is 10.2 Å². The predicted molar refractivity (Wildman–Crippen MR) is 71.6 cm³/mol. The van der Waals surface area contributed by atoms with Crippen molar-refractivity contribution in [3.63, 3.8) is 0 Å². The van der Waals surface area contributed by atoms with Crippen LogP contribution in [-0.2, 0) is 4.79 Å². The van der Waals surface area contributed by atoms with Crippen LogP contribution in [0.25, 0.3) is 0 Å². The molecule has 4 N–H and O–H groups in total. The minimum absolute atomic E-state index is 0.136. The lowest BCUT2D eigenvalue weighted by molar-refractivity contribution is -0.122. The quantitative estimate of drug-likeness (QED) is 0.451. The molecule has 0 unspecified atom stereocenters. The molecule has 0 spiro atoms.